The van der Waals surface area contributed by atoms with Gasteiger partial charge in [0.15, 0.2) is 0 Å². The second-order valence-electron chi connectivity index (χ2n) is 7.59. The van der Waals surface area contributed by atoms with Crippen molar-refractivity contribution in [1.82, 2.24) is 4.90 Å². The number of carbonyl (C=O) groups excluding carboxylic acids is 1. The van der Waals surface area contributed by atoms with Crippen molar-refractivity contribution in [3.63, 3.8) is 0 Å². The summed E-state index contributed by atoms with van der Waals surface area (Å²) >= 11 is 0. The number of piperidine rings is 3. The summed E-state index contributed by atoms with van der Waals surface area (Å²) in [7, 11) is 0. The molecule has 28 heavy (non-hydrogen) atoms. The predicted octanol–water partition coefficient (Wildman–Crippen LogP) is 3.70. The Morgan fingerprint density at radius 1 is 1.11 bits per heavy atom. The largest absolute Gasteiger partial charge is 0.457 e. The number of ether oxygens (including phenoxy) is 2. The molecule has 2 aromatic carbocycles. The zero-order chi connectivity index (χ0) is 19.3. The van der Waals surface area contributed by atoms with Crippen LogP contribution in [0.1, 0.15) is 12.8 Å². The maximum Gasteiger partial charge on any atom is 0.411 e. The van der Waals surface area contributed by atoms with E-state index in [2.05, 4.69) is 10.2 Å². The minimum absolute atomic E-state index is 0.314. The molecule has 3 fully saturated rings. The summed E-state index contributed by atoms with van der Waals surface area (Å²) in [6, 6.07) is 17.1. The lowest BCUT2D eigenvalue weighted by molar-refractivity contribution is -0.0202. The van der Waals surface area contributed by atoms with Crippen molar-refractivity contribution in [3.05, 3.63) is 54.6 Å². The Hall–Kier alpha value is -2.57. The minimum Gasteiger partial charge on any atom is -0.457 e. The number of amides is 1. The number of nitrogens with one attached hydrogen (secondary N) is 1. The molecule has 0 aliphatic carbocycles. The third-order valence-corrected chi connectivity index (χ3v) is 5.80. The Bertz CT molecular complexity index is 781. The first-order valence-corrected chi connectivity index (χ1v) is 9.92. The zero-order valence-electron chi connectivity index (χ0n) is 15.9. The summed E-state index contributed by atoms with van der Waals surface area (Å²) in [5, 5.41) is 2.78. The Labute approximate surface area is 165 Å². The first-order chi connectivity index (χ1) is 13.7. The van der Waals surface area contributed by atoms with E-state index >= 15 is 0 Å². The number of rotatable bonds is 6. The third-order valence-electron chi connectivity index (χ3n) is 5.80. The van der Waals surface area contributed by atoms with Crippen LogP contribution in [0.15, 0.2) is 54.6 Å². The summed E-state index contributed by atoms with van der Waals surface area (Å²) in [5.74, 6) is 2.75. The molecule has 3 heterocycles. The summed E-state index contributed by atoms with van der Waals surface area (Å²) in [6.45, 7) is 3.29. The van der Waals surface area contributed by atoms with E-state index in [9.17, 15) is 4.79 Å². The summed E-state index contributed by atoms with van der Waals surface area (Å²) < 4.78 is 11.2. The Balaban J connectivity index is 1.24. The molecular formula is C22H27N3O3. The molecule has 3 saturated heterocycles. The molecular weight excluding hydrogens is 354 g/mol. The van der Waals surface area contributed by atoms with Gasteiger partial charge < -0.3 is 15.2 Å². The van der Waals surface area contributed by atoms with Gasteiger partial charge in [-0.15, -0.1) is 0 Å². The first kappa shape index (κ1) is 18.8. The van der Waals surface area contributed by atoms with Gasteiger partial charge in [0, 0.05) is 18.3 Å². The monoisotopic (exact) mass is 381 g/mol. The molecule has 2 bridgehead atoms. The Morgan fingerprint density at radius 3 is 2.54 bits per heavy atom. The van der Waals surface area contributed by atoms with Crippen molar-refractivity contribution in [2.75, 3.05) is 31.6 Å². The van der Waals surface area contributed by atoms with Crippen LogP contribution in [-0.4, -0.2) is 43.3 Å². The van der Waals surface area contributed by atoms with E-state index in [0.29, 0.717) is 35.9 Å². The van der Waals surface area contributed by atoms with E-state index in [1.807, 2.05) is 42.5 Å². The Morgan fingerprint density at radius 2 is 1.86 bits per heavy atom. The lowest BCUT2D eigenvalue weighted by Crippen LogP contribution is -2.56. The fourth-order valence-corrected chi connectivity index (χ4v) is 4.25. The molecule has 0 spiro atoms. The van der Waals surface area contributed by atoms with E-state index in [0.717, 1.165) is 31.8 Å². The van der Waals surface area contributed by atoms with Crippen LogP contribution in [0.5, 0.6) is 11.5 Å². The molecule has 2 unspecified atom stereocenters. The van der Waals surface area contributed by atoms with E-state index in [-0.39, 0.29) is 0 Å². The van der Waals surface area contributed by atoms with Gasteiger partial charge in [0.1, 0.15) is 18.1 Å². The Kier molecular flexibility index (Phi) is 5.78. The third kappa shape index (κ3) is 4.46. The number of fused-ring (bicyclic) bond motifs is 3. The normalized spacial score (nSPS) is 25.9. The van der Waals surface area contributed by atoms with Crippen LogP contribution in [0.25, 0.3) is 0 Å². The van der Waals surface area contributed by atoms with Gasteiger partial charge in [0.05, 0.1) is 0 Å². The SMILES string of the molecule is NC[C@H]1CN2CCC1C[C@@H]2COC(=O)Nc1ccc(Oc2ccccc2)cc1. The van der Waals surface area contributed by atoms with Crippen molar-refractivity contribution in [2.24, 2.45) is 17.6 Å². The summed E-state index contributed by atoms with van der Waals surface area (Å²) in [6.07, 6.45) is 1.86. The fraction of sp³-hybridized carbons (Fsp3) is 0.409. The fourth-order valence-electron chi connectivity index (χ4n) is 4.25. The van der Waals surface area contributed by atoms with E-state index in [1.54, 1.807) is 12.1 Å². The van der Waals surface area contributed by atoms with Crippen LogP contribution in [0, 0.1) is 11.8 Å². The maximum atomic E-state index is 12.2. The quantitative estimate of drug-likeness (QED) is 0.798. The summed E-state index contributed by atoms with van der Waals surface area (Å²) in [5.41, 5.74) is 6.55. The predicted molar refractivity (Wildman–Crippen MR) is 109 cm³/mol. The molecule has 148 valence electrons. The lowest BCUT2D eigenvalue weighted by atomic mass is 9.76. The van der Waals surface area contributed by atoms with Gasteiger partial charge in [-0.3, -0.25) is 10.2 Å². The number of benzene rings is 2. The molecule has 2 aromatic rings. The highest BCUT2D eigenvalue weighted by atomic mass is 16.5. The van der Waals surface area contributed by atoms with Gasteiger partial charge in [-0.1, -0.05) is 18.2 Å². The average molecular weight is 381 g/mol. The second-order valence-corrected chi connectivity index (χ2v) is 7.59. The van der Waals surface area contributed by atoms with Crippen LogP contribution < -0.4 is 15.8 Å². The van der Waals surface area contributed by atoms with Gasteiger partial charge in [0.2, 0.25) is 0 Å². The molecule has 6 heteroatoms. The highest BCUT2D eigenvalue weighted by Crippen LogP contribution is 2.35. The topological polar surface area (TPSA) is 76.8 Å². The number of nitrogens with two attached hydrogens (primary N) is 1. The standard InChI is InChI=1S/C22H27N3O3/c23-13-17-14-25-11-10-16(17)12-19(25)15-27-22(26)24-18-6-8-21(9-7-18)28-20-4-2-1-3-5-20/h1-9,16-17,19H,10-15,23H2,(H,24,26)/t16?,17-,19+/m0/s1. The van der Waals surface area contributed by atoms with Gasteiger partial charge >= 0.3 is 6.09 Å². The molecule has 1 amide bonds. The van der Waals surface area contributed by atoms with Crippen molar-refractivity contribution >= 4 is 11.8 Å². The van der Waals surface area contributed by atoms with Gasteiger partial charge in [-0.05, 0) is 74.2 Å². The average Bonchev–Trinajstić information content (AvgIpc) is 2.75. The molecule has 3 N–H and O–H groups in total. The van der Waals surface area contributed by atoms with Gasteiger partial charge in [-0.25, -0.2) is 4.79 Å². The smallest absolute Gasteiger partial charge is 0.411 e. The second kappa shape index (κ2) is 8.63. The van der Waals surface area contributed by atoms with E-state index in [4.69, 9.17) is 15.2 Å². The maximum absolute atomic E-state index is 12.2. The number of hydrogen-bond acceptors (Lipinski definition) is 5. The van der Waals surface area contributed by atoms with Crippen LogP contribution in [0.4, 0.5) is 10.5 Å². The number of anilines is 1. The van der Waals surface area contributed by atoms with Crippen LogP contribution in [0.3, 0.4) is 0 Å². The molecule has 0 saturated carbocycles. The van der Waals surface area contributed by atoms with E-state index in [1.165, 1.54) is 6.42 Å². The molecule has 6 nitrogen and oxygen atoms in total. The van der Waals surface area contributed by atoms with E-state index < -0.39 is 6.09 Å². The van der Waals surface area contributed by atoms with Crippen LogP contribution in [-0.2, 0) is 4.74 Å². The molecule has 4 atom stereocenters. The van der Waals surface area contributed by atoms with Crippen molar-refractivity contribution in [2.45, 2.75) is 18.9 Å². The first-order valence-electron chi connectivity index (χ1n) is 9.92. The minimum atomic E-state index is -0.422. The van der Waals surface area contributed by atoms with Crippen molar-refractivity contribution in [3.8, 4) is 11.5 Å². The van der Waals surface area contributed by atoms with Gasteiger partial charge in [-0.2, -0.15) is 0 Å². The van der Waals surface area contributed by atoms with Crippen molar-refractivity contribution < 1.29 is 14.3 Å². The molecule has 0 aromatic heterocycles. The molecule has 3 aliphatic rings. The van der Waals surface area contributed by atoms with Crippen molar-refractivity contribution in [1.29, 1.82) is 0 Å². The molecule has 0 radical (unpaired) electrons. The number of para-hydroxylation sites is 1. The molecule has 3 aliphatic heterocycles. The number of nitrogens with zero attached hydrogens (tertiary/aromatic N) is 1. The highest BCUT2D eigenvalue weighted by Gasteiger charge is 2.39. The van der Waals surface area contributed by atoms with Crippen LogP contribution in [0.2, 0.25) is 0 Å². The summed E-state index contributed by atoms with van der Waals surface area (Å²) in [4.78, 5) is 14.6. The number of carbonyl (C=O) groups is 1. The van der Waals surface area contributed by atoms with Crippen LogP contribution >= 0.6 is 0 Å². The zero-order valence-corrected chi connectivity index (χ0v) is 15.9. The highest BCUT2D eigenvalue weighted by molar-refractivity contribution is 5.84. The van der Waals surface area contributed by atoms with Gasteiger partial charge in [0.25, 0.3) is 0 Å². The number of hydrogen-bond donors (Lipinski definition) is 2. The lowest BCUT2D eigenvalue weighted by Gasteiger charge is -2.49. The molecule has 5 rings (SSSR count).